The Morgan fingerprint density at radius 3 is 0.362 bits per heavy atom. The molecule has 0 spiro atoms. The second-order valence-electron chi connectivity index (χ2n) is 9.53. The number of hydrogen-bond acceptors (Lipinski definition) is 26. The van der Waals surface area contributed by atoms with E-state index in [-0.39, 0.29) is 130 Å². The van der Waals surface area contributed by atoms with Gasteiger partial charge in [-0.15, -0.1) is 0 Å². The zero-order chi connectivity index (χ0) is 48.4. The molecule has 0 rings (SSSR count). The Balaban J connectivity index is -0.0000000826. The van der Waals surface area contributed by atoms with E-state index in [9.17, 15) is 67.7 Å². The molecule has 38 heteroatoms. The minimum Gasteiger partial charge on any atom is -0.538 e. The molecule has 58 heavy (non-hydrogen) atoms. The molecule has 0 saturated carbocycles. The van der Waals surface area contributed by atoms with Gasteiger partial charge in [-0.2, -0.15) is 0 Å². The van der Waals surface area contributed by atoms with Crippen molar-refractivity contribution in [1.82, 2.24) is 0 Å². The largest absolute Gasteiger partial charge is 0.538 e. The third-order valence-corrected chi connectivity index (χ3v) is 9.89. The van der Waals surface area contributed by atoms with Gasteiger partial charge in [0.25, 0.3) is 0 Å². The van der Waals surface area contributed by atoms with Gasteiger partial charge in [0.05, 0.1) is 56.4 Å². The van der Waals surface area contributed by atoms with Gasteiger partial charge in [-0.3, -0.25) is 0 Å². The quantitative estimate of drug-likeness (QED) is 0.0804. The van der Waals surface area contributed by atoms with E-state index in [4.69, 9.17) is 51.1 Å². The van der Waals surface area contributed by atoms with Gasteiger partial charge in [-0.25, -0.2) is 47.9 Å². The summed E-state index contributed by atoms with van der Waals surface area (Å²) in [5, 5.41) is 82.4. The molecule has 0 fully saturated rings. The molecule has 0 aromatic carbocycles. The van der Waals surface area contributed by atoms with Crippen LogP contribution in [0.5, 0.6) is 0 Å². The number of carbonyl (C=O) groups is 12. The van der Waals surface area contributed by atoms with Crippen LogP contribution in [-0.2, 0) is 0 Å². The van der Waals surface area contributed by atoms with Crippen molar-refractivity contribution in [2.24, 2.45) is 0 Å². The highest BCUT2D eigenvalue weighted by atomic mass is 33.1. The van der Waals surface area contributed by atoms with Crippen LogP contribution in [-0.4, -0.2) is 180 Å². The molecule has 0 aromatic heterocycles. The van der Waals surface area contributed by atoms with Crippen LogP contribution in [0.25, 0.3) is 0 Å². The van der Waals surface area contributed by atoms with E-state index >= 15 is 0 Å². The lowest BCUT2D eigenvalue weighted by Gasteiger charge is -2.14. The van der Waals surface area contributed by atoms with Crippen LogP contribution in [0.4, 0.5) is 57.5 Å². The summed E-state index contributed by atoms with van der Waals surface area (Å²) in [6.07, 6.45) is 0. The number of carbonyl (C=O) groups excluding carboxylic acids is 2. The van der Waals surface area contributed by atoms with Crippen molar-refractivity contribution in [2.75, 3.05) is 56.4 Å². The molecule has 0 heterocycles. The van der Waals surface area contributed by atoms with Gasteiger partial charge in [-0.1, -0.05) is 0 Å². The summed E-state index contributed by atoms with van der Waals surface area (Å²) in [5.41, 5.74) is 0. The van der Waals surface area contributed by atoms with Crippen molar-refractivity contribution >= 4 is 193 Å². The summed E-state index contributed by atoms with van der Waals surface area (Å²) in [6, 6.07) is 0. The summed E-state index contributed by atoms with van der Waals surface area (Å²) in [7, 11) is 19.9. The molecule has 0 aromatic rings. The minimum absolute atomic E-state index is 0.0995. The lowest BCUT2D eigenvalue weighted by Crippen LogP contribution is -2.27. The highest BCUT2D eigenvalue weighted by molar-refractivity contribution is 8.88. The maximum absolute atomic E-state index is 9.58. The van der Waals surface area contributed by atoms with Gasteiger partial charge in [0, 0.05) is 108 Å². The lowest BCUT2D eigenvalue weighted by atomic mass is 10.8. The number of carboxylic acid groups (broad SMARTS) is 12. The molecule has 0 unspecified atom stereocenters. The summed E-state index contributed by atoms with van der Waals surface area (Å²) < 4.78 is 2.00. The van der Waals surface area contributed by atoms with Gasteiger partial charge < -0.3 is 79.8 Å². The number of nitrogens with zero attached hydrogens (tertiary/aromatic N) is 2. The van der Waals surface area contributed by atoms with Crippen molar-refractivity contribution in [3.63, 3.8) is 0 Å². The van der Waals surface area contributed by atoms with E-state index in [1.807, 2.05) is 0 Å². The van der Waals surface area contributed by atoms with E-state index < -0.39 is 63.6 Å². The van der Waals surface area contributed by atoms with E-state index in [1.54, 1.807) is 0 Å². The molecule has 0 bridgehead atoms. The molecule has 0 aliphatic heterocycles. The Morgan fingerprint density at radius 1 is 0.259 bits per heavy atom. The second kappa shape index (κ2) is 47.4. The van der Waals surface area contributed by atoms with Crippen LogP contribution in [0, 0.1) is 0 Å². The highest BCUT2D eigenvalue weighted by Gasteiger charge is 2.05. The monoisotopic (exact) mass is 1070 g/mol. The molecule has 0 aliphatic rings. The SMILES string of the molecule is C[N+](C)(C)C.C[N+](C)(C)C.O=C(O)SSC(=O)O.O=C(O)SSC(=O)O.O=C(O)SSC(=O)O.O=C(O)SSC(=O)O.O=C(O)SSC(=O)O.O=C([O-])SSC(=O)[O-]. The van der Waals surface area contributed by atoms with Gasteiger partial charge in [0.1, 0.15) is 10.6 Å². The van der Waals surface area contributed by atoms with Crippen LogP contribution in [0.2, 0.25) is 0 Å². The summed E-state index contributed by atoms with van der Waals surface area (Å²) in [5.74, 6) is 0. The third kappa shape index (κ3) is 194. The van der Waals surface area contributed by atoms with Crippen molar-refractivity contribution in [3.05, 3.63) is 0 Å². The average molecular weight is 1070 g/mol. The van der Waals surface area contributed by atoms with Crippen LogP contribution < -0.4 is 10.2 Å². The smallest absolute Gasteiger partial charge is 0.376 e. The van der Waals surface area contributed by atoms with E-state index in [2.05, 4.69) is 56.4 Å². The Bertz CT molecular complexity index is 970. The van der Waals surface area contributed by atoms with Crippen LogP contribution in [0.15, 0.2) is 0 Å². The van der Waals surface area contributed by atoms with E-state index in [0.29, 0.717) is 0 Å². The average Bonchev–Trinajstić information content (AvgIpc) is 2.99. The first-order valence-electron chi connectivity index (χ1n) is 12.1. The first-order chi connectivity index (χ1) is 25.8. The van der Waals surface area contributed by atoms with Gasteiger partial charge in [0.2, 0.25) is 0 Å². The molecule has 0 saturated heterocycles. The van der Waals surface area contributed by atoms with E-state index in [1.165, 1.54) is 0 Å². The Hall–Kier alpha value is -2.24. The zero-order valence-corrected chi connectivity index (χ0v) is 39.8. The third-order valence-electron chi connectivity index (χ3n) is 1.10. The topological polar surface area (TPSA) is 453 Å². The molecular weight excluding hydrogens is 1040 g/mol. The zero-order valence-electron chi connectivity index (χ0n) is 30.0. The van der Waals surface area contributed by atoms with Crippen LogP contribution in [0.3, 0.4) is 0 Å². The molecule has 0 amide bonds. The standard InChI is InChI=1S/2C4H12N.6C2H2O4S2/c2*1-5(2,3)4;6*3-1(4)7-8-2(5)6/h2*1-4H3;6*(H,3,4)(H,5,6)/q2*+1;;;;;;/p-2. The molecule has 0 radical (unpaired) electrons. The predicted octanol–water partition coefficient (Wildman–Crippen LogP) is 8.32. The number of rotatable bonds is 0. The number of hydrogen-bond donors (Lipinski definition) is 10. The molecule has 0 aliphatic carbocycles. The predicted molar refractivity (Wildman–Crippen MR) is 230 cm³/mol. The second-order valence-corrected chi connectivity index (χ2v) is 21.7. The maximum atomic E-state index is 9.58. The van der Waals surface area contributed by atoms with Crippen LogP contribution in [0.1, 0.15) is 0 Å². The van der Waals surface area contributed by atoms with Gasteiger partial charge in [0.15, 0.2) is 0 Å². The molecule has 340 valence electrons. The van der Waals surface area contributed by atoms with Gasteiger partial charge in [-0.05, 0) is 21.6 Å². The lowest BCUT2D eigenvalue weighted by molar-refractivity contribution is -0.849. The summed E-state index contributed by atoms with van der Waals surface area (Å²) in [6.45, 7) is 0. The van der Waals surface area contributed by atoms with Crippen molar-refractivity contribution in [2.45, 2.75) is 0 Å². The first kappa shape index (κ1) is 73.3. The molecular formula is C20H34N2O24S12. The van der Waals surface area contributed by atoms with Gasteiger partial charge >= 0.3 is 53.0 Å². The first-order valence-corrected chi connectivity index (χ1v) is 25.0. The Kier molecular flexibility index (Phi) is 60.0. The van der Waals surface area contributed by atoms with Crippen molar-refractivity contribution in [1.29, 1.82) is 0 Å². The van der Waals surface area contributed by atoms with Crippen molar-refractivity contribution in [3.8, 4) is 0 Å². The maximum Gasteiger partial charge on any atom is 0.376 e. The highest BCUT2D eigenvalue weighted by Crippen LogP contribution is 2.24. The normalized spacial score (nSPS) is 9.10. The molecule has 10 N–H and O–H groups in total. The Labute approximate surface area is 374 Å². The minimum atomic E-state index is -1.49. The van der Waals surface area contributed by atoms with E-state index in [0.717, 1.165) is 8.97 Å². The molecule has 26 nitrogen and oxygen atoms in total. The number of quaternary nitrogens is 2. The fraction of sp³-hybridized carbons (Fsp3) is 0.400. The molecule has 0 atom stereocenters. The van der Waals surface area contributed by atoms with Crippen LogP contribution >= 0.6 is 130 Å². The fourth-order valence-electron chi connectivity index (χ4n) is 0.424. The Morgan fingerprint density at radius 2 is 0.328 bits per heavy atom. The van der Waals surface area contributed by atoms with Crippen molar-refractivity contribution < 1.29 is 128 Å². The fourth-order valence-corrected chi connectivity index (χ4v) is 3.82. The summed E-state index contributed by atoms with van der Waals surface area (Å²) in [4.78, 5) is 115. The summed E-state index contributed by atoms with van der Waals surface area (Å²) >= 11 is 0.